The molecule has 0 bridgehead atoms. The number of hydrogen-bond donors (Lipinski definition) is 1. The summed E-state index contributed by atoms with van der Waals surface area (Å²) in [6.45, 7) is 8.67. The molecule has 100 valence electrons. The maximum absolute atomic E-state index is 5.58. The number of nitrogens with two attached hydrogens (primary N) is 1. The minimum absolute atomic E-state index is 0.563. The van der Waals surface area contributed by atoms with Crippen LogP contribution >= 0.6 is 0 Å². The van der Waals surface area contributed by atoms with Crippen LogP contribution in [0.25, 0.3) is 0 Å². The van der Waals surface area contributed by atoms with Gasteiger partial charge in [-0.3, -0.25) is 9.88 Å². The van der Waals surface area contributed by atoms with Gasteiger partial charge in [0.1, 0.15) is 0 Å². The Hall–Kier alpha value is -0.930. The molecular formula is C15H25N3. The largest absolute Gasteiger partial charge is 0.326 e. The van der Waals surface area contributed by atoms with Crippen molar-refractivity contribution in [2.24, 2.45) is 11.1 Å². The van der Waals surface area contributed by atoms with Crippen LogP contribution in [0.4, 0.5) is 0 Å². The van der Waals surface area contributed by atoms with Gasteiger partial charge in [-0.05, 0) is 43.0 Å². The predicted molar refractivity (Wildman–Crippen MR) is 75.0 cm³/mol. The molecule has 3 nitrogen and oxygen atoms in total. The van der Waals surface area contributed by atoms with Crippen molar-refractivity contribution in [2.45, 2.75) is 46.2 Å². The lowest BCUT2D eigenvalue weighted by molar-refractivity contribution is 0.109. The first-order valence-electron chi connectivity index (χ1n) is 7.01. The molecular weight excluding hydrogens is 222 g/mol. The summed E-state index contributed by atoms with van der Waals surface area (Å²) in [6, 6.07) is 4.19. The highest BCUT2D eigenvalue weighted by Gasteiger charge is 2.28. The zero-order valence-corrected chi connectivity index (χ0v) is 11.7. The average molecular weight is 247 g/mol. The summed E-state index contributed by atoms with van der Waals surface area (Å²) >= 11 is 0. The summed E-state index contributed by atoms with van der Waals surface area (Å²) in [6.07, 6.45) is 5.81. The molecule has 2 N–H and O–H groups in total. The van der Waals surface area contributed by atoms with E-state index < -0.39 is 0 Å². The normalized spacial score (nSPS) is 19.9. The molecule has 1 aromatic heterocycles. The van der Waals surface area contributed by atoms with Gasteiger partial charge in [-0.15, -0.1) is 0 Å². The number of likely N-dealkylation sites (tertiary alicyclic amines) is 1. The molecule has 2 rings (SSSR count). The maximum Gasteiger partial charge on any atom is 0.0544 e. The molecule has 1 aliphatic heterocycles. The van der Waals surface area contributed by atoms with E-state index in [9.17, 15) is 0 Å². The number of rotatable bonds is 4. The molecule has 1 aliphatic rings. The van der Waals surface area contributed by atoms with Crippen LogP contribution < -0.4 is 5.73 Å². The Balaban J connectivity index is 1.87. The second kappa shape index (κ2) is 5.81. The van der Waals surface area contributed by atoms with E-state index in [2.05, 4.69) is 35.9 Å². The summed E-state index contributed by atoms with van der Waals surface area (Å²) in [5.74, 6) is 0. The van der Waals surface area contributed by atoms with Crippen molar-refractivity contribution < 1.29 is 0 Å². The lowest BCUT2D eigenvalue weighted by Crippen LogP contribution is -2.38. The number of hydrogen-bond acceptors (Lipinski definition) is 3. The van der Waals surface area contributed by atoms with Gasteiger partial charge in [-0.25, -0.2) is 0 Å². The van der Waals surface area contributed by atoms with Crippen LogP contribution in [0.15, 0.2) is 18.3 Å². The highest BCUT2D eigenvalue weighted by atomic mass is 15.1. The molecule has 1 saturated heterocycles. The first-order valence-corrected chi connectivity index (χ1v) is 7.01. The van der Waals surface area contributed by atoms with Crippen LogP contribution in [0, 0.1) is 5.41 Å². The van der Waals surface area contributed by atoms with Gasteiger partial charge in [0.15, 0.2) is 0 Å². The van der Waals surface area contributed by atoms with Crippen LogP contribution in [0.2, 0.25) is 0 Å². The zero-order valence-electron chi connectivity index (χ0n) is 11.7. The fourth-order valence-electron chi connectivity index (χ4n) is 2.50. The lowest BCUT2D eigenvalue weighted by atomic mass is 9.78. The molecule has 0 spiro atoms. The molecule has 0 amide bonds. The molecule has 0 saturated carbocycles. The Morgan fingerprint density at radius 3 is 2.56 bits per heavy atom. The van der Waals surface area contributed by atoms with Gasteiger partial charge < -0.3 is 5.73 Å². The van der Waals surface area contributed by atoms with Crippen molar-refractivity contribution in [3.8, 4) is 0 Å². The van der Waals surface area contributed by atoms with Crippen molar-refractivity contribution >= 4 is 0 Å². The van der Waals surface area contributed by atoms with Gasteiger partial charge in [-0.2, -0.15) is 0 Å². The van der Waals surface area contributed by atoms with Crippen LogP contribution in [0.1, 0.15) is 44.4 Å². The van der Waals surface area contributed by atoms with Crippen molar-refractivity contribution in [3.63, 3.8) is 0 Å². The minimum atomic E-state index is 0.563. The standard InChI is InChI=1S/C15H25N3/c1-3-15(2)6-8-18(9-7-15)12-14-5-4-13(10-16)11-17-14/h4-5,11H,3,6-10,12,16H2,1-2H3. The molecule has 2 heterocycles. The van der Waals surface area contributed by atoms with Gasteiger partial charge in [0.2, 0.25) is 0 Å². The molecule has 1 aromatic rings. The Bertz CT molecular complexity index is 364. The third-order valence-corrected chi connectivity index (χ3v) is 4.42. The van der Waals surface area contributed by atoms with Crippen molar-refractivity contribution in [3.05, 3.63) is 29.6 Å². The van der Waals surface area contributed by atoms with E-state index >= 15 is 0 Å². The second-order valence-corrected chi connectivity index (χ2v) is 5.80. The van der Waals surface area contributed by atoms with E-state index in [1.807, 2.05) is 6.20 Å². The molecule has 0 aromatic carbocycles. The number of pyridine rings is 1. The number of piperidine rings is 1. The molecule has 18 heavy (non-hydrogen) atoms. The smallest absolute Gasteiger partial charge is 0.0544 e. The van der Waals surface area contributed by atoms with Crippen molar-refractivity contribution in [1.29, 1.82) is 0 Å². The van der Waals surface area contributed by atoms with E-state index in [0.29, 0.717) is 12.0 Å². The van der Waals surface area contributed by atoms with Crippen molar-refractivity contribution in [1.82, 2.24) is 9.88 Å². The van der Waals surface area contributed by atoms with E-state index in [1.54, 1.807) is 0 Å². The average Bonchev–Trinajstić information content (AvgIpc) is 2.42. The fraction of sp³-hybridized carbons (Fsp3) is 0.667. The molecule has 3 heteroatoms. The Morgan fingerprint density at radius 2 is 2.06 bits per heavy atom. The summed E-state index contributed by atoms with van der Waals surface area (Å²) in [4.78, 5) is 6.99. The maximum atomic E-state index is 5.58. The molecule has 0 unspecified atom stereocenters. The monoisotopic (exact) mass is 247 g/mol. The molecule has 1 fully saturated rings. The molecule has 0 radical (unpaired) electrons. The third-order valence-electron chi connectivity index (χ3n) is 4.42. The van der Waals surface area contributed by atoms with Crippen LogP contribution in [0.5, 0.6) is 0 Å². The Kier molecular flexibility index (Phi) is 4.36. The van der Waals surface area contributed by atoms with Gasteiger partial charge in [0.05, 0.1) is 5.69 Å². The van der Waals surface area contributed by atoms with Crippen molar-refractivity contribution in [2.75, 3.05) is 13.1 Å². The number of nitrogens with zero attached hydrogens (tertiary/aromatic N) is 2. The van der Waals surface area contributed by atoms with Gasteiger partial charge in [0, 0.05) is 19.3 Å². The first-order chi connectivity index (χ1) is 8.65. The lowest BCUT2D eigenvalue weighted by Gasteiger charge is -2.38. The predicted octanol–water partition coefficient (Wildman–Crippen LogP) is 2.55. The molecule has 0 aliphatic carbocycles. The van der Waals surface area contributed by atoms with E-state index in [4.69, 9.17) is 5.73 Å². The first kappa shape index (κ1) is 13.5. The highest BCUT2D eigenvalue weighted by molar-refractivity contribution is 5.13. The summed E-state index contributed by atoms with van der Waals surface area (Å²) in [5.41, 5.74) is 8.41. The molecule has 0 atom stereocenters. The summed E-state index contributed by atoms with van der Waals surface area (Å²) in [5, 5.41) is 0. The Labute approximate surface area is 110 Å². The van der Waals surface area contributed by atoms with E-state index in [-0.39, 0.29) is 0 Å². The zero-order chi connectivity index (χ0) is 13.0. The Morgan fingerprint density at radius 1 is 1.33 bits per heavy atom. The van der Waals surface area contributed by atoms with Gasteiger partial charge in [0.25, 0.3) is 0 Å². The third kappa shape index (κ3) is 3.30. The minimum Gasteiger partial charge on any atom is -0.326 e. The highest BCUT2D eigenvalue weighted by Crippen LogP contribution is 2.34. The SMILES string of the molecule is CCC1(C)CCN(Cc2ccc(CN)cn2)CC1. The fourth-order valence-corrected chi connectivity index (χ4v) is 2.50. The van der Waals surface area contributed by atoms with E-state index in [1.165, 1.54) is 32.4 Å². The topological polar surface area (TPSA) is 42.1 Å². The summed E-state index contributed by atoms with van der Waals surface area (Å²) in [7, 11) is 0. The van der Waals surface area contributed by atoms with Crippen LogP contribution in [0.3, 0.4) is 0 Å². The number of aromatic nitrogens is 1. The van der Waals surface area contributed by atoms with Crippen LogP contribution in [-0.2, 0) is 13.1 Å². The quantitative estimate of drug-likeness (QED) is 0.889. The van der Waals surface area contributed by atoms with Crippen LogP contribution in [-0.4, -0.2) is 23.0 Å². The van der Waals surface area contributed by atoms with Gasteiger partial charge in [-0.1, -0.05) is 26.3 Å². The summed E-state index contributed by atoms with van der Waals surface area (Å²) < 4.78 is 0. The van der Waals surface area contributed by atoms with Gasteiger partial charge >= 0.3 is 0 Å². The second-order valence-electron chi connectivity index (χ2n) is 5.80. The van der Waals surface area contributed by atoms with E-state index in [0.717, 1.165) is 17.8 Å².